The summed E-state index contributed by atoms with van der Waals surface area (Å²) in [4.78, 5) is 0. The van der Waals surface area contributed by atoms with Crippen LogP contribution in [-0.2, 0) is 0 Å². The van der Waals surface area contributed by atoms with Gasteiger partial charge in [-0.15, -0.1) is 0 Å². The molecule has 0 atom stereocenters. The maximum Gasteiger partial charge on any atom is 0.168 e. The van der Waals surface area contributed by atoms with Crippen molar-refractivity contribution in [3.63, 3.8) is 0 Å². The number of benzene rings is 1. The van der Waals surface area contributed by atoms with Crippen LogP contribution in [0.2, 0.25) is 0 Å². The number of anilines is 1. The van der Waals surface area contributed by atoms with Gasteiger partial charge in [0.25, 0.3) is 0 Å². The molecule has 0 aliphatic carbocycles. The highest BCUT2D eigenvalue weighted by atomic mass is 32.1. The van der Waals surface area contributed by atoms with Crippen LogP contribution in [0.1, 0.15) is 0 Å². The van der Waals surface area contributed by atoms with Crippen molar-refractivity contribution in [2.24, 2.45) is 5.73 Å². The molecule has 0 fully saturated rings. The summed E-state index contributed by atoms with van der Waals surface area (Å²) in [6, 6.07) is 10.2. The largest absolute Gasteiger partial charge is 0.376 e. The molecule has 0 aromatic heterocycles. The lowest BCUT2D eigenvalue weighted by Gasteiger charge is -2.00. The molecule has 1 aromatic rings. The van der Waals surface area contributed by atoms with Crippen LogP contribution < -0.4 is 11.1 Å². The number of rotatable bonds is 1. The molecule has 1 aromatic carbocycles. The van der Waals surface area contributed by atoms with Gasteiger partial charge in [0.1, 0.15) is 0 Å². The van der Waals surface area contributed by atoms with Crippen molar-refractivity contribution < 1.29 is 0 Å². The van der Waals surface area contributed by atoms with Crippen LogP contribution in [0.3, 0.4) is 0 Å². The Morgan fingerprint density at radius 2 is 2.10 bits per heavy atom. The van der Waals surface area contributed by atoms with Crippen molar-refractivity contribution >= 4 is 23.0 Å². The first-order valence-corrected chi connectivity index (χ1v) is 3.22. The second-order valence-electron chi connectivity index (χ2n) is 1.78. The van der Waals surface area contributed by atoms with Crippen LogP contribution in [0.4, 0.5) is 5.69 Å². The number of nitrogens with two attached hydrogens (primary N) is 1. The fourth-order valence-electron chi connectivity index (χ4n) is 0.612. The molecular weight excluding hydrogens is 144 g/mol. The van der Waals surface area contributed by atoms with Gasteiger partial charge < -0.3 is 11.1 Å². The first kappa shape index (κ1) is 7.02. The smallest absolute Gasteiger partial charge is 0.168 e. The Morgan fingerprint density at radius 3 is 2.60 bits per heavy atom. The lowest BCUT2D eigenvalue weighted by atomic mass is 10.3. The van der Waals surface area contributed by atoms with E-state index in [2.05, 4.69) is 23.6 Å². The monoisotopic (exact) mass is 151 g/mol. The number of hydrogen-bond donors (Lipinski definition) is 2. The quantitative estimate of drug-likeness (QED) is 0.591. The molecule has 0 spiro atoms. The van der Waals surface area contributed by atoms with E-state index < -0.39 is 0 Å². The summed E-state index contributed by atoms with van der Waals surface area (Å²) < 4.78 is 0. The summed E-state index contributed by atoms with van der Waals surface area (Å²) in [5, 5.41) is 3.08. The SMILES string of the molecule is NC(=S)Nc1cc[c]cc1. The molecule has 0 amide bonds. The molecule has 0 aliphatic heterocycles. The Hall–Kier alpha value is -1.09. The summed E-state index contributed by atoms with van der Waals surface area (Å²) in [5.41, 5.74) is 6.13. The molecule has 3 N–H and O–H groups in total. The third-order valence-corrected chi connectivity index (χ3v) is 1.09. The van der Waals surface area contributed by atoms with Gasteiger partial charge in [-0.25, -0.2) is 0 Å². The van der Waals surface area contributed by atoms with Crippen LogP contribution in [0.25, 0.3) is 0 Å². The van der Waals surface area contributed by atoms with Crippen molar-refractivity contribution in [2.45, 2.75) is 0 Å². The van der Waals surface area contributed by atoms with E-state index in [-0.39, 0.29) is 5.11 Å². The second-order valence-corrected chi connectivity index (χ2v) is 2.22. The van der Waals surface area contributed by atoms with Crippen LogP contribution in [0.15, 0.2) is 24.3 Å². The van der Waals surface area contributed by atoms with Gasteiger partial charge in [0, 0.05) is 5.69 Å². The Bertz CT molecular complexity index is 220. The van der Waals surface area contributed by atoms with E-state index in [4.69, 9.17) is 5.73 Å². The van der Waals surface area contributed by atoms with E-state index in [0.29, 0.717) is 0 Å². The third-order valence-electron chi connectivity index (χ3n) is 0.986. The summed E-state index contributed by atoms with van der Waals surface area (Å²) in [6.45, 7) is 0. The summed E-state index contributed by atoms with van der Waals surface area (Å²) in [5.74, 6) is 0. The van der Waals surface area contributed by atoms with Gasteiger partial charge in [0.2, 0.25) is 0 Å². The fraction of sp³-hybridized carbons (Fsp3) is 0. The van der Waals surface area contributed by atoms with Crippen molar-refractivity contribution in [3.05, 3.63) is 30.3 Å². The summed E-state index contributed by atoms with van der Waals surface area (Å²) >= 11 is 4.63. The maximum atomic E-state index is 5.23. The van der Waals surface area contributed by atoms with Gasteiger partial charge in [-0.1, -0.05) is 12.1 Å². The van der Waals surface area contributed by atoms with Crippen LogP contribution in [0, 0.1) is 6.07 Å². The molecule has 0 bridgehead atoms. The minimum atomic E-state index is 0.284. The van der Waals surface area contributed by atoms with Crippen molar-refractivity contribution in [2.75, 3.05) is 5.32 Å². The van der Waals surface area contributed by atoms with Gasteiger partial charge in [-0.3, -0.25) is 0 Å². The fourth-order valence-corrected chi connectivity index (χ4v) is 0.730. The topological polar surface area (TPSA) is 38.0 Å². The van der Waals surface area contributed by atoms with Gasteiger partial charge >= 0.3 is 0 Å². The molecule has 0 aliphatic rings. The van der Waals surface area contributed by atoms with E-state index in [9.17, 15) is 0 Å². The first-order chi connectivity index (χ1) is 4.79. The molecule has 3 heteroatoms. The zero-order valence-corrected chi connectivity index (χ0v) is 6.11. The molecule has 10 heavy (non-hydrogen) atoms. The van der Waals surface area contributed by atoms with Gasteiger partial charge in [0.05, 0.1) is 0 Å². The van der Waals surface area contributed by atoms with Crippen LogP contribution in [-0.4, -0.2) is 5.11 Å². The second kappa shape index (κ2) is 3.17. The Labute approximate surface area is 65.0 Å². The average Bonchev–Trinajstić information content (AvgIpc) is 1.88. The summed E-state index contributed by atoms with van der Waals surface area (Å²) in [6.07, 6.45) is 0. The highest BCUT2D eigenvalue weighted by Gasteiger charge is 1.87. The zero-order chi connectivity index (χ0) is 7.40. The Morgan fingerprint density at radius 1 is 1.50 bits per heavy atom. The molecule has 1 rings (SSSR count). The minimum absolute atomic E-state index is 0.284. The standard InChI is InChI=1S/C7H7N2S/c8-7(10)9-6-4-2-1-3-5-6/h2-5H,(H3,8,9,10). The highest BCUT2D eigenvalue weighted by Crippen LogP contribution is 2.02. The molecular formula is C7H7N2S. The Kier molecular flexibility index (Phi) is 2.23. The molecule has 0 unspecified atom stereocenters. The third kappa shape index (κ3) is 2.03. The van der Waals surface area contributed by atoms with E-state index >= 15 is 0 Å². The van der Waals surface area contributed by atoms with Crippen molar-refractivity contribution in [3.8, 4) is 0 Å². The van der Waals surface area contributed by atoms with E-state index in [1.165, 1.54) is 0 Å². The van der Waals surface area contributed by atoms with Crippen LogP contribution in [0.5, 0.6) is 0 Å². The number of hydrogen-bond acceptors (Lipinski definition) is 1. The minimum Gasteiger partial charge on any atom is -0.376 e. The van der Waals surface area contributed by atoms with Crippen LogP contribution >= 0.6 is 12.2 Å². The average molecular weight is 151 g/mol. The predicted octanol–water partition coefficient (Wildman–Crippen LogP) is 1.14. The van der Waals surface area contributed by atoms with E-state index in [1.54, 1.807) is 12.1 Å². The highest BCUT2D eigenvalue weighted by molar-refractivity contribution is 7.80. The predicted molar refractivity (Wildman–Crippen MR) is 45.7 cm³/mol. The van der Waals surface area contributed by atoms with Gasteiger partial charge in [0.15, 0.2) is 5.11 Å². The van der Waals surface area contributed by atoms with E-state index in [1.807, 2.05) is 12.1 Å². The molecule has 0 saturated carbocycles. The summed E-state index contributed by atoms with van der Waals surface area (Å²) in [7, 11) is 0. The molecule has 2 nitrogen and oxygen atoms in total. The molecule has 51 valence electrons. The first-order valence-electron chi connectivity index (χ1n) is 2.81. The van der Waals surface area contributed by atoms with E-state index in [0.717, 1.165) is 5.69 Å². The lowest BCUT2D eigenvalue weighted by Crippen LogP contribution is -2.18. The van der Waals surface area contributed by atoms with Gasteiger partial charge in [-0.2, -0.15) is 0 Å². The Balaban J connectivity index is 2.67. The van der Waals surface area contributed by atoms with Gasteiger partial charge in [-0.05, 0) is 30.4 Å². The number of thiocarbonyl (C=S) groups is 1. The van der Waals surface area contributed by atoms with Crippen molar-refractivity contribution in [1.29, 1.82) is 0 Å². The zero-order valence-electron chi connectivity index (χ0n) is 5.29. The molecule has 0 saturated heterocycles. The molecule has 0 heterocycles. The lowest BCUT2D eigenvalue weighted by molar-refractivity contribution is 1.60. The number of nitrogens with one attached hydrogen (secondary N) is 1. The normalized spacial score (nSPS) is 8.80. The maximum absolute atomic E-state index is 5.23. The molecule has 1 radical (unpaired) electrons. The van der Waals surface area contributed by atoms with Crippen molar-refractivity contribution in [1.82, 2.24) is 0 Å².